The molecule has 1 aromatic heterocycles. The first kappa shape index (κ1) is 17.0. The van der Waals surface area contributed by atoms with E-state index in [9.17, 15) is 9.59 Å². The fraction of sp³-hybridized carbons (Fsp3) is 0.316. The first-order chi connectivity index (χ1) is 12.2. The zero-order valence-electron chi connectivity index (χ0n) is 14.1. The average Bonchev–Trinajstić information content (AvgIpc) is 3.00. The molecule has 25 heavy (non-hydrogen) atoms. The maximum atomic E-state index is 12.2. The predicted molar refractivity (Wildman–Crippen MR) is 93.4 cm³/mol. The van der Waals surface area contributed by atoms with E-state index in [4.69, 9.17) is 4.74 Å². The molecular formula is C19H21N3O3. The van der Waals surface area contributed by atoms with Crippen molar-refractivity contribution in [1.82, 2.24) is 15.2 Å². The van der Waals surface area contributed by atoms with Crippen LogP contribution in [0.2, 0.25) is 0 Å². The molecule has 2 amide bonds. The molecule has 3 rings (SSSR count). The highest BCUT2D eigenvalue weighted by Crippen LogP contribution is 2.15. The molecule has 0 saturated carbocycles. The fourth-order valence-electron chi connectivity index (χ4n) is 2.91. The molecule has 1 atom stereocenters. The van der Waals surface area contributed by atoms with Crippen LogP contribution in [0.4, 0.5) is 0 Å². The minimum atomic E-state index is -0.192. The van der Waals surface area contributed by atoms with Crippen LogP contribution in [0.1, 0.15) is 22.3 Å². The standard InChI is InChI=1S/C19H21N3O3/c1-25-17-6-4-14(5-7-17)8-10-22-13-16(11-18(22)23)21-19(24)15-3-2-9-20-12-15/h2-7,9,12,16H,8,10-11,13H2,1H3,(H,21,24)/t16-/m1/s1. The third-order valence-electron chi connectivity index (χ3n) is 4.30. The van der Waals surface area contributed by atoms with Crippen molar-refractivity contribution in [2.45, 2.75) is 18.9 Å². The Labute approximate surface area is 146 Å². The number of methoxy groups -OCH3 is 1. The minimum absolute atomic E-state index is 0.0741. The summed E-state index contributed by atoms with van der Waals surface area (Å²) in [6, 6.07) is 11.1. The Morgan fingerprint density at radius 3 is 2.80 bits per heavy atom. The van der Waals surface area contributed by atoms with E-state index in [-0.39, 0.29) is 17.9 Å². The molecule has 1 saturated heterocycles. The molecule has 6 nitrogen and oxygen atoms in total. The van der Waals surface area contributed by atoms with E-state index >= 15 is 0 Å². The molecule has 1 aromatic carbocycles. The molecule has 130 valence electrons. The Morgan fingerprint density at radius 2 is 2.12 bits per heavy atom. The summed E-state index contributed by atoms with van der Waals surface area (Å²) < 4.78 is 5.14. The molecule has 2 aromatic rings. The number of amides is 2. The molecule has 1 fully saturated rings. The number of carbonyl (C=O) groups excluding carboxylic acids is 2. The van der Waals surface area contributed by atoms with Crippen molar-refractivity contribution in [1.29, 1.82) is 0 Å². The Bertz CT molecular complexity index is 731. The fourth-order valence-corrected chi connectivity index (χ4v) is 2.91. The first-order valence-corrected chi connectivity index (χ1v) is 8.27. The van der Waals surface area contributed by atoms with Crippen molar-refractivity contribution < 1.29 is 14.3 Å². The number of carbonyl (C=O) groups is 2. The van der Waals surface area contributed by atoms with Gasteiger partial charge >= 0.3 is 0 Å². The van der Waals surface area contributed by atoms with Gasteiger partial charge in [0.25, 0.3) is 5.91 Å². The number of nitrogens with one attached hydrogen (secondary N) is 1. The van der Waals surface area contributed by atoms with Crippen LogP contribution in [-0.4, -0.2) is 47.9 Å². The second kappa shape index (κ2) is 7.79. The third-order valence-corrected chi connectivity index (χ3v) is 4.30. The monoisotopic (exact) mass is 339 g/mol. The Morgan fingerprint density at radius 1 is 1.32 bits per heavy atom. The maximum Gasteiger partial charge on any atom is 0.253 e. The van der Waals surface area contributed by atoms with Crippen LogP contribution in [0.15, 0.2) is 48.8 Å². The predicted octanol–water partition coefficient (Wildman–Crippen LogP) is 1.66. The molecule has 1 N–H and O–H groups in total. The summed E-state index contributed by atoms with van der Waals surface area (Å²) >= 11 is 0. The summed E-state index contributed by atoms with van der Waals surface area (Å²) in [4.78, 5) is 30.1. The Kier molecular flexibility index (Phi) is 5.28. The molecule has 0 radical (unpaired) electrons. The van der Waals surface area contributed by atoms with Gasteiger partial charge in [0.2, 0.25) is 5.91 Å². The summed E-state index contributed by atoms with van der Waals surface area (Å²) in [7, 11) is 1.64. The number of benzene rings is 1. The van der Waals surface area contributed by atoms with Crippen LogP contribution in [0, 0.1) is 0 Å². The van der Waals surface area contributed by atoms with Crippen molar-refractivity contribution in [2.75, 3.05) is 20.2 Å². The quantitative estimate of drug-likeness (QED) is 0.869. The Hall–Kier alpha value is -2.89. The summed E-state index contributed by atoms with van der Waals surface area (Å²) in [6.07, 6.45) is 4.26. The van der Waals surface area contributed by atoms with Gasteiger partial charge in [-0.2, -0.15) is 0 Å². The van der Waals surface area contributed by atoms with Crippen LogP contribution < -0.4 is 10.1 Å². The van der Waals surface area contributed by atoms with Gasteiger partial charge in [-0.1, -0.05) is 12.1 Å². The third kappa shape index (κ3) is 4.35. The summed E-state index contributed by atoms with van der Waals surface area (Å²) in [5.74, 6) is 0.701. The van der Waals surface area contributed by atoms with Crippen LogP contribution in [0.25, 0.3) is 0 Å². The largest absolute Gasteiger partial charge is 0.497 e. The van der Waals surface area contributed by atoms with E-state index in [0.29, 0.717) is 25.1 Å². The van der Waals surface area contributed by atoms with E-state index in [1.165, 1.54) is 6.20 Å². The van der Waals surface area contributed by atoms with Gasteiger partial charge in [0, 0.05) is 31.9 Å². The van der Waals surface area contributed by atoms with Crippen LogP contribution in [0.3, 0.4) is 0 Å². The van der Waals surface area contributed by atoms with Gasteiger partial charge in [0.15, 0.2) is 0 Å². The van der Waals surface area contributed by atoms with Crippen molar-refractivity contribution in [3.05, 3.63) is 59.9 Å². The second-order valence-corrected chi connectivity index (χ2v) is 6.05. The summed E-state index contributed by atoms with van der Waals surface area (Å²) in [5.41, 5.74) is 1.66. The van der Waals surface area contributed by atoms with Gasteiger partial charge in [-0.15, -0.1) is 0 Å². The van der Waals surface area contributed by atoms with Gasteiger partial charge in [-0.3, -0.25) is 14.6 Å². The molecule has 2 heterocycles. The van der Waals surface area contributed by atoms with Gasteiger partial charge in [0.05, 0.1) is 18.7 Å². The van der Waals surface area contributed by atoms with Gasteiger partial charge in [0.1, 0.15) is 5.75 Å². The normalized spacial score (nSPS) is 16.8. The number of likely N-dealkylation sites (tertiary alicyclic amines) is 1. The average molecular weight is 339 g/mol. The molecule has 0 unspecified atom stereocenters. The number of hydrogen-bond donors (Lipinski definition) is 1. The SMILES string of the molecule is COc1ccc(CCN2C[C@H](NC(=O)c3cccnc3)CC2=O)cc1. The molecule has 0 aliphatic carbocycles. The summed E-state index contributed by atoms with van der Waals surface area (Å²) in [6.45, 7) is 1.19. The van der Waals surface area contributed by atoms with Gasteiger partial charge < -0.3 is 15.0 Å². The minimum Gasteiger partial charge on any atom is -0.497 e. The molecular weight excluding hydrogens is 318 g/mol. The van der Waals surface area contributed by atoms with Gasteiger partial charge in [-0.05, 0) is 36.2 Å². The number of hydrogen-bond acceptors (Lipinski definition) is 4. The molecule has 0 bridgehead atoms. The lowest BCUT2D eigenvalue weighted by Crippen LogP contribution is -2.37. The van der Waals surface area contributed by atoms with Gasteiger partial charge in [-0.25, -0.2) is 0 Å². The topological polar surface area (TPSA) is 71.5 Å². The lowest BCUT2D eigenvalue weighted by molar-refractivity contribution is -0.127. The van der Waals surface area contributed by atoms with Crippen molar-refractivity contribution in [2.24, 2.45) is 0 Å². The maximum absolute atomic E-state index is 12.2. The van der Waals surface area contributed by atoms with Crippen molar-refractivity contribution in [3.8, 4) is 5.75 Å². The highest BCUT2D eigenvalue weighted by Gasteiger charge is 2.30. The number of nitrogens with zero attached hydrogens (tertiary/aromatic N) is 2. The molecule has 0 spiro atoms. The van der Waals surface area contributed by atoms with E-state index in [1.54, 1.807) is 30.3 Å². The van der Waals surface area contributed by atoms with E-state index in [1.807, 2.05) is 24.3 Å². The van der Waals surface area contributed by atoms with Crippen molar-refractivity contribution in [3.63, 3.8) is 0 Å². The highest BCUT2D eigenvalue weighted by atomic mass is 16.5. The van der Waals surface area contributed by atoms with Crippen LogP contribution in [-0.2, 0) is 11.2 Å². The first-order valence-electron chi connectivity index (χ1n) is 8.27. The molecule has 1 aliphatic rings. The zero-order chi connectivity index (χ0) is 17.6. The molecule has 1 aliphatic heterocycles. The Balaban J connectivity index is 1.51. The zero-order valence-corrected chi connectivity index (χ0v) is 14.1. The van der Waals surface area contributed by atoms with Crippen LogP contribution >= 0.6 is 0 Å². The lowest BCUT2D eigenvalue weighted by atomic mass is 10.1. The number of ether oxygens (including phenoxy) is 1. The van der Waals surface area contributed by atoms with E-state index in [2.05, 4.69) is 10.3 Å². The van der Waals surface area contributed by atoms with Crippen LogP contribution in [0.5, 0.6) is 5.75 Å². The lowest BCUT2D eigenvalue weighted by Gasteiger charge is -2.17. The molecule has 6 heteroatoms. The van der Waals surface area contributed by atoms with Crippen molar-refractivity contribution >= 4 is 11.8 Å². The highest BCUT2D eigenvalue weighted by molar-refractivity contribution is 5.94. The van der Waals surface area contributed by atoms with E-state index in [0.717, 1.165) is 17.7 Å². The number of aromatic nitrogens is 1. The number of pyridine rings is 1. The second-order valence-electron chi connectivity index (χ2n) is 6.05. The van der Waals surface area contributed by atoms with E-state index < -0.39 is 0 Å². The number of rotatable bonds is 6. The summed E-state index contributed by atoms with van der Waals surface area (Å²) in [5, 5.41) is 2.91. The smallest absolute Gasteiger partial charge is 0.253 e.